The normalized spacial score (nSPS) is 17.6. The maximum absolute atomic E-state index is 5.69. The summed E-state index contributed by atoms with van der Waals surface area (Å²) in [4.78, 5) is 11.2. The van der Waals surface area contributed by atoms with Crippen LogP contribution in [0.5, 0.6) is 0 Å². The first-order valence-electron chi connectivity index (χ1n) is 7.63. The standard InChI is InChI=1S/C17H21N3OS/c1-20(12-15-8-5-9-21-15)16-10-18-11-17(19-16)22-13-14-6-3-2-4-7-14/h2-4,6-7,10-11,15H,5,8-9,12-13H2,1H3. The van der Waals surface area contributed by atoms with Gasteiger partial charge in [0, 0.05) is 26.0 Å². The van der Waals surface area contributed by atoms with E-state index >= 15 is 0 Å². The molecule has 2 heterocycles. The van der Waals surface area contributed by atoms with Gasteiger partial charge in [-0.05, 0) is 18.4 Å². The topological polar surface area (TPSA) is 38.2 Å². The zero-order valence-electron chi connectivity index (χ0n) is 12.8. The summed E-state index contributed by atoms with van der Waals surface area (Å²) >= 11 is 1.72. The Balaban J connectivity index is 1.59. The monoisotopic (exact) mass is 315 g/mol. The van der Waals surface area contributed by atoms with Crippen LogP contribution in [0.1, 0.15) is 18.4 Å². The molecule has 4 nitrogen and oxygen atoms in total. The first kappa shape index (κ1) is 15.3. The molecule has 1 aromatic carbocycles. The van der Waals surface area contributed by atoms with E-state index in [0.717, 1.165) is 42.6 Å². The molecule has 1 saturated heterocycles. The smallest absolute Gasteiger partial charge is 0.148 e. The minimum absolute atomic E-state index is 0.326. The number of ether oxygens (including phenoxy) is 1. The van der Waals surface area contributed by atoms with Crippen molar-refractivity contribution in [1.82, 2.24) is 9.97 Å². The van der Waals surface area contributed by atoms with Crippen LogP contribution in [0, 0.1) is 0 Å². The number of aromatic nitrogens is 2. The Kier molecular flexibility index (Phi) is 5.29. The highest BCUT2D eigenvalue weighted by Crippen LogP contribution is 2.22. The van der Waals surface area contributed by atoms with Crippen LogP contribution >= 0.6 is 11.8 Å². The molecule has 5 heteroatoms. The van der Waals surface area contributed by atoms with Crippen LogP contribution in [0.15, 0.2) is 47.8 Å². The summed E-state index contributed by atoms with van der Waals surface area (Å²) in [6, 6.07) is 10.4. The van der Waals surface area contributed by atoms with Crippen LogP contribution < -0.4 is 4.90 Å². The fourth-order valence-electron chi connectivity index (χ4n) is 2.51. The van der Waals surface area contributed by atoms with Crippen LogP contribution in [-0.4, -0.2) is 36.3 Å². The van der Waals surface area contributed by atoms with Gasteiger partial charge in [0.05, 0.1) is 18.5 Å². The van der Waals surface area contributed by atoms with E-state index in [1.165, 1.54) is 5.56 Å². The quantitative estimate of drug-likeness (QED) is 0.764. The van der Waals surface area contributed by atoms with Gasteiger partial charge < -0.3 is 9.64 Å². The molecule has 0 radical (unpaired) electrons. The molecule has 0 amide bonds. The summed E-state index contributed by atoms with van der Waals surface area (Å²) in [5.74, 6) is 1.82. The third-order valence-electron chi connectivity index (χ3n) is 3.72. The van der Waals surface area contributed by atoms with Gasteiger partial charge in [-0.2, -0.15) is 0 Å². The first-order chi connectivity index (χ1) is 10.8. The number of hydrogen-bond donors (Lipinski definition) is 0. The van der Waals surface area contributed by atoms with Crippen molar-refractivity contribution in [3.63, 3.8) is 0 Å². The fourth-order valence-corrected chi connectivity index (χ4v) is 3.31. The van der Waals surface area contributed by atoms with Crippen molar-refractivity contribution in [3.05, 3.63) is 48.3 Å². The number of rotatable bonds is 6. The predicted molar refractivity (Wildman–Crippen MR) is 90.3 cm³/mol. The van der Waals surface area contributed by atoms with Gasteiger partial charge in [-0.1, -0.05) is 30.3 Å². The Morgan fingerprint density at radius 3 is 2.91 bits per heavy atom. The van der Waals surface area contributed by atoms with Crippen molar-refractivity contribution in [2.45, 2.75) is 29.7 Å². The molecule has 3 rings (SSSR count). The number of hydrogen-bond acceptors (Lipinski definition) is 5. The Hall–Kier alpha value is -1.59. The highest BCUT2D eigenvalue weighted by atomic mass is 32.2. The second kappa shape index (κ2) is 7.61. The molecule has 0 saturated carbocycles. The van der Waals surface area contributed by atoms with Gasteiger partial charge in [-0.25, -0.2) is 4.98 Å². The maximum atomic E-state index is 5.69. The average molecular weight is 315 g/mol. The van der Waals surface area contributed by atoms with Crippen LogP contribution in [0.3, 0.4) is 0 Å². The number of likely N-dealkylation sites (N-methyl/N-ethyl adjacent to an activating group) is 1. The van der Waals surface area contributed by atoms with Crippen LogP contribution in [-0.2, 0) is 10.5 Å². The third kappa shape index (κ3) is 4.21. The minimum Gasteiger partial charge on any atom is -0.376 e. The van der Waals surface area contributed by atoms with Gasteiger partial charge in [0.15, 0.2) is 0 Å². The van der Waals surface area contributed by atoms with E-state index in [1.54, 1.807) is 11.8 Å². The molecule has 1 aliphatic rings. The summed E-state index contributed by atoms with van der Waals surface area (Å²) in [6.45, 7) is 1.76. The lowest BCUT2D eigenvalue weighted by atomic mass is 10.2. The lowest BCUT2D eigenvalue weighted by molar-refractivity contribution is 0.116. The Morgan fingerprint density at radius 1 is 1.27 bits per heavy atom. The molecule has 0 bridgehead atoms. The van der Waals surface area contributed by atoms with Gasteiger partial charge in [-0.3, -0.25) is 4.98 Å². The fraction of sp³-hybridized carbons (Fsp3) is 0.412. The number of nitrogens with zero attached hydrogens (tertiary/aromatic N) is 3. The molecule has 1 aliphatic heterocycles. The minimum atomic E-state index is 0.326. The second-order valence-electron chi connectivity index (χ2n) is 5.51. The summed E-state index contributed by atoms with van der Waals surface area (Å²) < 4.78 is 5.69. The van der Waals surface area contributed by atoms with Crippen molar-refractivity contribution >= 4 is 17.6 Å². The Morgan fingerprint density at radius 2 is 2.14 bits per heavy atom. The average Bonchev–Trinajstić information content (AvgIpc) is 3.07. The molecule has 0 N–H and O–H groups in total. The Bertz CT molecular complexity index is 587. The predicted octanol–water partition coefficient (Wildman–Crippen LogP) is 3.38. The summed E-state index contributed by atoms with van der Waals surface area (Å²) in [5.41, 5.74) is 1.30. The molecular weight excluding hydrogens is 294 g/mol. The van der Waals surface area contributed by atoms with E-state index in [1.807, 2.05) is 18.5 Å². The number of benzene rings is 1. The first-order valence-corrected chi connectivity index (χ1v) is 8.61. The molecule has 2 aromatic rings. The summed E-state index contributed by atoms with van der Waals surface area (Å²) in [5, 5.41) is 0.959. The van der Waals surface area contributed by atoms with Gasteiger partial charge >= 0.3 is 0 Å². The van der Waals surface area contributed by atoms with Gasteiger partial charge in [0.1, 0.15) is 10.8 Å². The molecule has 0 aliphatic carbocycles. The van der Waals surface area contributed by atoms with E-state index in [0.29, 0.717) is 6.10 Å². The van der Waals surface area contributed by atoms with Crippen molar-refractivity contribution in [3.8, 4) is 0 Å². The number of thioether (sulfide) groups is 1. The van der Waals surface area contributed by atoms with Crippen LogP contribution in [0.2, 0.25) is 0 Å². The highest BCUT2D eigenvalue weighted by molar-refractivity contribution is 7.98. The van der Waals surface area contributed by atoms with E-state index in [2.05, 4.69) is 41.2 Å². The molecule has 116 valence electrons. The number of anilines is 1. The van der Waals surface area contributed by atoms with Crippen molar-refractivity contribution in [1.29, 1.82) is 0 Å². The lowest BCUT2D eigenvalue weighted by Gasteiger charge is -2.21. The van der Waals surface area contributed by atoms with Crippen LogP contribution in [0.4, 0.5) is 5.82 Å². The zero-order valence-corrected chi connectivity index (χ0v) is 13.6. The second-order valence-corrected chi connectivity index (χ2v) is 6.50. The van der Waals surface area contributed by atoms with Gasteiger partial charge in [-0.15, -0.1) is 11.8 Å². The molecule has 1 fully saturated rings. The largest absolute Gasteiger partial charge is 0.376 e. The summed E-state index contributed by atoms with van der Waals surface area (Å²) in [6.07, 6.45) is 6.28. The molecule has 0 spiro atoms. The lowest BCUT2D eigenvalue weighted by Crippen LogP contribution is -2.29. The van der Waals surface area contributed by atoms with E-state index in [-0.39, 0.29) is 0 Å². The van der Waals surface area contributed by atoms with E-state index in [4.69, 9.17) is 9.72 Å². The van der Waals surface area contributed by atoms with Gasteiger partial charge in [0.25, 0.3) is 0 Å². The third-order valence-corrected chi connectivity index (χ3v) is 4.69. The van der Waals surface area contributed by atoms with Crippen molar-refractivity contribution in [2.24, 2.45) is 0 Å². The molecule has 22 heavy (non-hydrogen) atoms. The van der Waals surface area contributed by atoms with E-state index < -0.39 is 0 Å². The van der Waals surface area contributed by atoms with Crippen LogP contribution in [0.25, 0.3) is 0 Å². The van der Waals surface area contributed by atoms with E-state index in [9.17, 15) is 0 Å². The van der Waals surface area contributed by atoms with Crippen molar-refractivity contribution in [2.75, 3.05) is 25.1 Å². The Labute approximate surface area is 135 Å². The van der Waals surface area contributed by atoms with Crippen molar-refractivity contribution < 1.29 is 4.74 Å². The highest BCUT2D eigenvalue weighted by Gasteiger charge is 2.18. The molecule has 1 unspecified atom stereocenters. The maximum Gasteiger partial charge on any atom is 0.148 e. The van der Waals surface area contributed by atoms with Gasteiger partial charge in [0.2, 0.25) is 0 Å². The zero-order chi connectivity index (χ0) is 15.2. The summed E-state index contributed by atoms with van der Waals surface area (Å²) in [7, 11) is 2.05. The molecule has 1 atom stereocenters. The molecule has 1 aromatic heterocycles. The molecular formula is C17H21N3OS. The SMILES string of the molecule is CN(CC1CCCO1)c1cncc(SCc2ccccc2)n1.